The maximum absolute atomic E-state index is 12.4. The van der Waals surface area contributed by atoms with E-state index in [4.69, 9.17) is 16.7 Å². The van der Waals surface area contributed by atoms with Crippen LogP contribution >= 0.6 is 11.6 Å². The number of nitrogens with one attached hydrogen (secondary N) is 1. The lowest BCUT2D eigenvalue weighted by Gasteiger charge is -2.28. The largest absolute Gasteiger partial charge is 0.481 e. The topological polar surface area (TPSA) is 96.4 Å². The molecule has 0 atom stereocenters. The molecule has 20 heavy (non-hydrogen) atoms. The second-order valence-electron chi connectivity index (χ2n) is 4.96. The number of hydrogen-bond donors (Lipinski definition) is 2. The second kappa shape index (κ2) is 5.67. The highest BCUT2D eigenvalue weighted by molar-refractivity contribution is 7.89. The van der Waals surface area contributed by atoms with Crippen LogP contribution in [0.1, 0.15) is 32.1 Å². The minimum absolute atomic E-state index is 0.122. The van der Waals surface area contributed by atoms with Crippen molar-refractivity contribution in [1.82, 2.24) is 9.71 Å². The Bertz CT molecular complexity index is 612. The normalized spacial score (nSPS) is 18.1. The van der Waals surface area contributed by atoms with Crippen LogP contribution in [0, 0.1) is 0 Å². The van der Waals surface area contributed by atoms with Gasteiger partial charge in [-0.05, 0) is 25.0 Å². The molecule has 1 aromatic rings. The summed E-state index contributed by atoms with van der Waals surface area (Å²) in [7, 11) is -3.89. The van der Waals surface area contributed by atoms with Crippen LogP contribution in [0.5, 0.6) is 0 Å². The third-order valence-corrected chi connectivity index (χ3v) is 5.44. The summed E-state index contributed by atoms with van der Waals surface area (Å²) < 4.78 is 27.3. The van der Waals surface area contributed by atoms with Gasteiger partial charge in [0.05, 0.1) is 6.42 Å². The van der Waals surface area contributed by atoms with Crippen molar-refractivity contribution in [3.63, 3.8) is 0 Å². The summed E-state index contributed by atoms with van der Waals surface area (Å²) in [6.45, 7) is 0. The lowest BCUT2D eigenvalue weighted by molar-refractivity contribution is -0.138. The summed E-state index contributed by atoms with van der Waals surface area (Å²) in [6, 6.07) is 2.82. The van der Waals surface area contributed by atoms with Gasteiger partial charge in [-0.3, -0.25) is 4.79 Å². The Morgan fingerprint density at radius 3 is 2.65 bits per heavy atom. The smallest absolute Gasteiger partial charge is 0.305 e. The molecule has 0 saturated heterocycles. The molecular formula is C12H15ClN2O4S. The number of hydrogen-bond acceptors (Lipinski definition) is 4. The molecule has 1 fully saturated rings. The minimum Gasteiger partial charge on any atom is -0.481 e. The Morgan fingerprint density at radius 2 is 2.10 bits per heavy atom. The molecule has 0 aliphatic heterocycles. The van der Waals surface area contributed by atoms with Crippen LogP contribution < -0.4 is 4.72 Å². The number of rotatable bonds is 5. The number of aromatic nitrogens is 1. The zero-order chi connectivity index (χ0) is 14.8. The van der Waals surface area contributed by atoms with Crippen molar-refractivity contribution in [1.29, 1.82) is 0 Å². The number of pyridine rings is 1. The molecule has 0 bridgehead atoms. The molecule has 0 radical (unpaired) electrons. The predicted molar refractivity (Wildman–Crippen MR) is 73.0 cm³/mol. The van der Waals surface area contributed by atoms with Crippen molar-refractivity contribution in [2.75, 3.05) is 0 Å². The molecule has 110 valence electrons. The van der Waals surface area contributed by atoms with Gasteiger partial charge in [0.2, 0.25) is 10.0 Å². The van der Waals surface area contributed by atoms with Gasteiger partial charge in [-0.25, -0.2) is 18.1 Å². The first-order valence-electron chi connectivity index (χ1n) is 6.21. The molecule has 1 heterocycles. The highest BCUT2D eigenvalue weighted by Crippen LogP contribution is 2.34. The number of nitrogens with zero attached hydrogens (tertiary/aromatic N) is 1. The molecule has 1 aromatic heterocycles. The average molecular weight is 319 g/mol. The summed E-state index contributed by atoms with van der Waals surface area (Å²) in [6.07, 6.45) is 3.79. The highest BCUT2D eigenvalue weighted by Gasteiger charge is 2.40. The molecule has 0 spiro atoms. The van der Waals surface area contributed by atoms with Crippen molar-refractivity contribution < 1.29 is 18.3 Å². The van der Waals surface area contributed by atoms with Crippen LogP contribution in [0.4, 0.5) is 0 Å². The standard InChI is InChI=1S/C12H15ClN2O4S/c13-11-9(4-3-7-14-11)20(18,19)15-12(8-10(16)17)5-1-2-6-12/h3-4,7,15H,1-2,5-6,8H2,(H,16,17). The first-order valence-corrected chi connectivity index (χ1v) is 8.07. The van der Waals surface area contributed by atoms with Crippen LogP contribution in [0.15, 0.2) is 23.2 Å². The molecule has 0 unspecified atom stereocenters. The number of aliphatic carboxylic acids is 1. The van der Waals surface area contributed by atoms with E-state index < -0.39 is 21.5 Å². The number of carbonyl (C=O) groups is 1. The lowest BCUT2D eigenvalue weighted by atomic mass is 9.95. The second-order valence-corrected chi connectivity index (χ2v) is 6.96. The lowest BCUT2D eigenvalue weighted by Crippen LogP contribution is -2.47. The molecule has 8 heteroatoms. The van der Waals surface area contributed by atoms with Crippen molar-refractivity contribution in [3.8, 4) is 0 Å². The molecule has 0 aromatic carbocycles. The number of halogens is 1. The van der Waals surface area contributed by atoms with Crippen LogP contribution in [0.3, 0.4) is 0 Å². The Labute approximate surface area is 122 Å². The number of carboxylic acids is 1. The van der Waals surface area contributed by atoms with E-state index in [-0.39, 0.29) is 16.5 Å². The number of carboxylic acid groups (broad SMARTS) is 1. The van der Waals surface area contributed by atoms with Crippen molar-refractivity contribution in [3.05, 3.63) is 23.5 Å². The summed E-state index contributed by atoms with van der Waals surface area (Å²) in [5.74, 6) is -1.02. The Morgan fingerprint density at radius 1 is 1.45 bits per heavy atom. The average Bonchev–Trinajstić information content (AvgIpc) is 2.75. The molecule has 1 aliphatic carbocycles. The SMILES string of the molecule is O=C(O)CC1(NS(=O)(=O)c2cccnc2Cl)CCCC1. The molecule has 0 amide bonds. The van der Waals surface area contributed by atoms with Crippen LogP contribution in [0.25, 0.3) is 0 Å². The van der Waals surface area contributed by atoms with Crippen LogP contribution in [-0.4, -0.2) is 30.0 Å². The third kappa shape index (κ3) is 3.28. The van der Waals surface area contributed by atoms with E-state index in [1.807, 2.05) is 0 Å². The van der Waals surface area contributed by atoms with Gasteiger partial charge in [0.25, 0.3) is 0 Å². The van der Waals surface area contributed by atoms with Crippen LogP contribution in [-0.2, 0) is 14.8 Å². The van der Waals surface area contributed by atoms with E-state index in [0.29, 0.717) is 12.8 Å². The maximum Gasteiger partial charge on any atom is 0.305 e. The van der Waals surface area contributed by atoms with E-state index in [1.54, 1.807) is 0 Å². The molecule has 2 rings (SSSR count). The Kier molecular flexibility index (Phi) is 4.31. The van der Waals surface area contributed by atoms with E-state index in [9.17, 15) is 13.2 Å². The van der Waals surface area contributed by atoms with Crippen molar-refractivity contribution in [2.45, 2.75) is 42.5 Å². The van der Waals surface area contributed by atoms with Gasteiger partial charge >= 0.3 is 5.97 Å². The van der Waals surface area contributed by atoms with E-state index in [0.717, 1.165) is 12.8 Å². The zero-order valence-corrected chi connectivity index (χ0v) is 12.2. The number of sulfonamides is 1. The fourth-order valence-electron chi connectivity index (χ4n) is 2.57. The predicted octanol–water partition coefficient (Wildman–Crippen LogP) is 1.80. The molecule has 6 nitrogen and oxygen atoms in total. The Balaban J connectivity index is 2.31. The van der Waals surface area contributed by atoms with E-state index >= 15 is 0 Å². The summed E-state index contributed by atoms with van der Waals surface area (Å²) in [5.41, 5.74) is -0.927. The molecule has 1 aliphatic rings. The van der Waals surface area contributed by atoms with Crippen molar-refractivity contribution >= 4 is 27.6 Å². The fourth-order valence-corrected chi connectivity index (χ4v) is 4.48. The summed E-state index contributed by atoms with van der Waals surface area (Å²) in [4.78, 5) is 14.6. The highest BCUT2D eigenvalue weighted by atomic mass is 35.5. The van der Waals surface area contributed by atoms with Gasteiger partial charge in [0, 0.05) is 11.7 Å². The molecule has 1 saturated carbocycles. The quantitative estimate of drug-likeness (QED) is 0.807. The first kappa shape index (κ1) is 15.2. The zero-order valence-electron chi connectivity index (χ0n) is 10.7. The minimum atomic E-state index is -3.89. The van der Waals surface area contributed by atoms with Gasteiger partial charge in [-0.15, -0.1) is 0 Å². The van der Waals surface area contributed by atoms with Gasteiger partial charge in [0.15, 0.2) is 0 Å². The monoisotopic (exact) mass is 318 g/mol. The maximum atomic E-state index is 12.4. The van der Waals surface area contributed by atoms with Gasteiger partial charge in [0.1, 0.15) is 10.0 Å². The summed E-state index contributed by atoms with van der Waals surface area (Å²) >= 11 is 5.80. The van der Waals surface area contributed by atoms with Gasteiger partial charge in [-0.1, -0.05) is 24.4 Å². The molecular weight excluding hydrogens is 304 g/mol. The fraction of sp³-hybridized carbons (Fsp3) is 0.500. The van der Waals surface area contributed by atoms with Gasteiger partial charge in [-0.2, -0.15) is 0 Å². The van der Waals surface area contributed by atoms with Crippen LogP contribution in [0.2, 0.25) is 5.15 Å². The van der Waals surface area contributed by atoms with E-state index in [2.05, 4.69) is 9.71 Å². The van der Waals surface area contributed by atoms with E-state index in [1.165, 1.54) is 18.3 Å². The van der Waals surface area contributed by atoms with Crippen molar-refractivity contribution in [2.24, 2.45) is 0 Å². The molecule has 2 N–H and O–H groups in total. The third-order valence-electron chi connectivity index (χ3n) is 3.42. The first-order chi connectivity index (χ1) is 9.35. The Hall–Kier alpha value is -1.18. The van der Waals surface area contributed by atoms with Gasteiger partial charge < -0.3 is 5.11 Å². The summed E-state index contributed by atoms with van der Waals surface area (Å²) in [5, 5.41) is 8.87.